The van der Waals surface area contributed by atoms with E-state index < -0.39 is 0 Å². The molecule has 3 N–H and O–H groups in total. The third-order valence-corrected chi connectivity index (χ3v) is 3.24. The number of nitrogens with two attached hydrogens (primary N) is 1. The number of rotatable bonds is 3. The predicted molar refractivity (Wildman–Crippen MR) is 69.6 cm³/mol. The highest BCUT2D eigenvalue weighted by molar-refractivity contribution is 5.86. The van der Waals surface area contributed by atoms with Gasteiger partial charge < -0.3 is 10.7 Å². The Morgan fingerprint density at radius 2 is 2.00 bits per heavy atom. The second-order valence-electron chi connectivity index (χ2n) is 4.68. The summed E-state index contributed by atoms with van der Waals surface area (Å²) in [7, 11) is 0. The first-order chi connectivity index (χ1) is 7.65. The first-order valence-electron chi connectivity index (χ1n) is 6.00. The van der Waals surface area contributed by atoms with Gasteiger partial charge >= 0.3 is 0 Å². The lowest BCUT2D eigenvalue weighted by Gasteiger charge is -2.09. The molecule has 0 aliphatic rings. The molecular weight excluding hydrogens is 196 g/mol. The molecule has 0 aliphatic carbocycles. The molecule has 0 radical (unpaired) electrons. The van der Waals surface area contributed by atoms with Crippen LogP contribution in [0.15, 0.2) is 24.4 Å². The van der Waals surface area contributed by atoms with E-state index in [1.807, 2.05) is 0 Å². The van der Waals surface area contributed by atoms with E-state index in [9.17, 15) is 0 Å². The van der Waals surface area contributed by atoms with Crippen molar-refractivity contribution in [3.8, 4) is 0 Å². The Hall–Kier alpha value is -1.28. The summed E-state index contributed by atoms with van der Waals surface area (Å²) in [5.74, 6) is 0.535. The molecule has 2 nitrogen and oxygen atoms in total. The lowest BCUT2D eigenvalue weighted by atomic mass is 9.98. The van der Waals surface area contributed by atoms with Crippen LogP contribution in [0.2, 0.25) is 0 Å². The summed E-state index contributed by atoms with van der Waals surface area (Å²) in [5.41, 5.74) is 9.96. The molecule has 86 valence electrons. The summed E-state index contributed by atoms with van der Waals surface area (Å²) in [4.78, 5) is 3.37. The summed E-state index contributed by atoms with van der Waals surface area (Å²) in [5, 5.41) is 1.28. The van der Waals surface area contributed by atoms with Gasteiger partial charge in [0.1, 0.15) is 0 Å². The van der Waals surface area contributed by atoms with Gasteiger partial charge in [-0.15, -0.1) is 0 Å². The molecule has 0 saturated carbocycles. The number of para-hydroxylation sites is 1. The topological polar surface area (TPSA) is 41.8 Å². The number of hydrogen-bond donors (Lipinski definition) is 2. The van der Waals surface area contributed by atoms with Crippen molar-refractivity contribution in [3.63, 3.8) is 0 Å². The minimum Gasteiger partial charge on any atom is -0.361 e. The van der Waals surface area contributed by atoms with Gasteiger partial charge in [-0.3, -0.25) is 0 Å². The highest BCUT2D eigenvalue weighted by atomic mass is 14.7. The number of aromatic nitrogens is 1. The van der Waals surface area contributed by atoms with Crippen LogP contribution < -0.4 is 5.73 Å². The molecular formula is C14H20N2. The molecule has 1 aromatic carbocycles. The number of H-pyrrole nitrogens is 1. The fraction of sp³-hybridized carbons (Fsp3) is 0.429. The van der Waals surface area contributed by atoms with Crippen LogP contribution in [0, 0.1) is 0 Å². The molecule has 0 amide bonds. The van der Waals surface area contributed by atoms with E-state index in [-0.39, 0.29) is 6.04 Å². The summed E-state index contributed by atoms with van der Waals surface area (Å²) in [6.07, 6.45) is 3.03. The van der Waals surface area contributed by atoms with Gasteiger partial charge in [0.2, 0.25) is 0 Å². The molecule has 1 heterocycles. The van der Waals surface area contributed by atoms with Gasteiger partial charge in [0, 0.05) is 23.1 Å². The van der Waals surface area contributed by atoms with Crippen molar-refractivity contribution in [2.75, 3.05) is 0 Å². The standard InChI is InChI=1S/C14H20N2/c1-4-13(15)12-8-16-14-10(9(2)3)6-5-7-11(12)14/h5-9,13,16H,4,15H2,1-3H3. The van der Waals surface area contributed by atoms with Crippen LogP contribution in [0.1, 0.15) is 50.3 Å². The maximum Gasteiger partial charge on any atom is 0.0492 e. The van der Waals surface area contributed by atoms with E-state index in [1.54, 1.807) is 0 Å². The number of benzene rings is 1. The second-order valence-corrected chi connectivity index (χ2v) is 4.68. The van der Waals surface area contributed by atoms with Crippen molar-refractivity contribution in [1.29, 1.82) is 0 Å². The van der Waals surface area contributed by atoms with E-state index in [4.69, 9.17) is 5.73 Å². The molecule has 0 spiro atoms. The van der Waals surface area contributed by atoms with Crippen LogP contribution in [-0.4, -0.2) is 4.98 Å². The van der Waals surface area contributed by atoms with Crippen LogP contribution in [0.5, 0.6) is 0 Å². The molecule has 0 fully saturated rings. The van der Waals surface area contributed by atoms with Crippen LogP contribution in [-0.2, 0) is 0 Å². The summed E-state index contributed by atoms with van der Waals surface area (Å²) >= 11 is 0. The molecule has 0 bridgehead atoms. The van der Waals surface area contributed by atoms with Crippen molar-refractivity contribution < 1.29 is 0 Å². The number of aromatic amines is 1. The van der Waals surface area contributed by atoms with Gasteiger partial charge in [-0.2, -0.15) is 0 Å². The number of nitrogens with one attached hydrogen (secondary N) is 1. The van der Waals surface area contributed by atoms with E-state index in [0.29, 0.717) is 5.92 Å². The molecule has 1 unspecified atom stereocenters. The van der Waals surface area contributed by atoms with Crippen molar-refractivity contribution in [1.82, 2.24) is 4.98 Å². The predicted octanol–water partition coefficient (Wildman–Crippen LogP) is 3.70. The van der Waals surface area contributed by atoms with Gasteiger partial charge in [0.15, 0.2) is 0 Å². The van der Waals surface area contributed by atoms with E-state index in [1.165, 1.54) is 22.0 Å². The Balaban J connectivity index is 2.61. The van der Waals surface area contributed by atoms with E-state index in [0.717, 1.165) is 6.42 Å². The smallest absolute Gasteiger partial charge is 0.0492 e. The summed E-state index contributed by atoms with van der Waals surface area (Å²) in [6, 6.07) is 6.60. The van der Waals surface area contributed by atoms with Gasteiger partial charge in [-0.25, -0.2) is 0 Å². The Kier molecular flexibility index (Phi) is 3.01. The zero-order valence-electron chi connectivity index (χ0n) is 10.2. The molecule has 1 atom stereocenters. The first-order valence-corrected chi connectivity index (χ1v) is 6.00. The monoisotopic (exact) mass is 216 g/mol. The molecule has 0 aliphatic heterocycles. The summed E-state index contributed by atoms with van der Waals surface area (Å²) < 4.78 is 0. The molecule has 16 heavy (non-hydrogen) atoms. The minimum atomic E-state index is 0.135. The molecule has 1 aromatic heterocycles. The number of hydrogen-bond acceptors (Lipinski definition) is 1. The zero-order chi connectivity index (χ0) is 11.7. The molecule has 2 heteroatoms. The highest BCUT2D eigenvalue weighted by Gasteiger charge is 2.12. The maximum atomic E-state index is 6.11. The van der Waals surface area contributed by atoms with Crippen molar-refractivity contribution in [2.24, 2.45) is 5.73 Å². The van der Waals surface area contributed by atoms with Crippen LogP contribution in [0.4, 0.5) is 0 Å². The third-order valence-electron chi connectivity index (χ3n) is 3.24. The lowest BCUT2D eigenvalue weighted by molar-refractivity contribution is 0.704. The lowest BCUT2D eigenvalue weighted by Crippen LogP contribution is -2.07. The van der Waals surface area contributed by atoms with E-state index >= 15 is 0 Å². The molecule has 2 rings (SSSR count). The minimum absolute atomic E-state index is 0.135. The fourth-order valence-electron chi connectivity index (χ4n) is 2.21. The Morgan fingerprint density at radius 3 is 2.62 bits per heavy atom. The SMILES string of the molecule is CCC(N)c1c[nH]c2c(C(C)C)cccc12. The van der Waals surface area contributed by atoms with Crippen molar-refractivity contribution in [3.05, 3.63) is 35.5 Å². The fourth-order valence-corrected chi connectivity index (χ4v) is 2.21. The maximum absolute atomic E-state index is 6.11. The normalized spacial score (nSPS) is 13.6. The van der Waals surface area contributed by atoms with Crippen LogP contribution in [0.25, 0.3) is 10.9 Å². The van der Waals surface area contributed by atoms with Gasteiger partial charge in [0.25, 0.3) is 0 Å². The van der Waals surface area contributed by atoms with Gasteiger partial charge in [-0.05, 0) is 23.5 Å². The zero-order valence-corrected chi connectivity index (χ0v) is 10.2. The largest absolute Gasteiger partial charge is 0.361 e. The second kappa shape index (κ2) is 4.30. The van der Waals surface area contributed by atoms with Gasteiger partial charge in [0.05, 0.1) is 0 Å². The first kappa shape index (κ1) is 11.2. The van der Waals surface area contributed by atoms with Crippen molar-refractivity contribution in [2.45, 2.75) is 39.2 Å². The quantitative estimate of drug-likeness (QED) is 0.807. The molecule has 0 saturated heterocycles. The average Bonchev–Trinajstić information content (AvgIpc) is 2.71. The third kappa shape index (κ3) is 1.74. The summed E-state index contributed by atoms with van der Waals surface area (Å²) in [6.45, 7) is 6.56. The van der Waals surface area contributed by atoms with E-state index in [2.05, 4.69) is 50.2 Å². The van der Waals surface area contributed by atoms with Crippen molar-refractivity contribution >= 4 is 10.9 Å². The Bertz CT molecular complexity index is 482. The highest BCUT2D eigenvalue weighted by Crippen LogP contribution is 2.29. The number of fused-ring (bicyclic) bond motifs is 1. The molecule has 2 aromatic rings. The average molecular weight is 216 g/mol. The van der Waals surface area contributed by atoms with Crippen LogP contribution in [0.3, 0.4) is 0 Å². The van der Waals surface area contributed by atoms with Gasteiger partial charge in [-0.1, -0.05) is 39.0 Å². The Morgan fingerprint density at radius 1 is 1.25 bits per heavy atom. The van der Waals surface area contributed by atoms with Crippen LogP contribution >= 0.6 is 0 Å². The Labute approximate surface area is 96.9 Å².